The topological polar surface area (TPSA) is 52.7 Å². The Morgan fingerprint density at radius 2 is 1.96 bits per heavy atom. The van der Waals surface area contributed by atoms with Crippen LogP contribution in [0.5, 0.6) is 0 Å². The number of hydrogen-bond donors (Lipinski definition) is 1. The molecule has 0 bridgehead atoms. The largest absolute Gasteiger partial charge is 0.352 e. The molecule has 3 rings (SSSR count). The molecule has 3 atom stereocenters. The zero-order chi connectivity index (χ0) is 17.8. The van der Waals surface area contributed by atoms with Crippen LogP contribution in [0.4, 0.5) is 0 Å². The Hall–Kier alpha value is -1.40. The fraction of sp³-hybridized carbons (Fsp3) is 0.684. The van der Waals surface area contributed by atoms with E-state index in [4.69, 9.17) is 0 Å². The summed E-state index contributed by atoms with van der Waals surface area (Å²) in [6.45, 7) is 7.90. The number of nitrogens with zero attached hydrogens (tertiary/aromatic N) is 2. The molecule has 2 fully saturated rings. The molecular weight excluding hydrogens is 334 g/mol. The molecule has 1 aromatic heterocycles. The van der Waals surface area contributed by atoms with Crippen molar-refractivity contribution in [3.05, 3.63) is 22.4 Å². The van der Waals surface area contributed by atoms with Gasteiger partial charge < -0.3 is 10.2 Å². The van der Waals surface area contributed by atoms with Crippen LogP contribution in [0.15, 0.2) is 17.5 Å². The highest BCUT2D eigenvalue weighted by Gasteiger charge is 2.29. The quantitative estimate of drug-likeness (QED) is 0.894. The highest BCUT2D eigenvalue weighted by molar-refractivity contribution is 7.12. The Morgan fingerprint density at radius 3 is 2.64 bits per heavy atom. The first kappa shape index (κ1) is 18.4. The number of hydrogen-bond acceptors (Lipinski definition) is 4. The average molecular weight is 364 g/mol. The maximum absolute atomic E-state index is 12.4. The van der Waals surface area contributed by atoms with Gasteiger partial charge in [0.1, 0.15) is 0 Å². The number of carbonyl (C=O) groups is 2. The van der Waals surface area contributed by atoms with Crippen molar-refractivity contribution in [2.24, 2.45) is 11.8 Å². The standard InChI is InChI=1S/C19H29N3O2S/c1-14-5-3-6-16(15(14)2)20-18(23)13-21-8-10-22(11-9-21)19(24)17-7-4-12-25-17/h4,7,12,14-16H,3,5-6,8-11,13H2,1-2H3,(H,20,23). The normalized spacial score (nSPS) is 27.9. The summed E-state index contributed by atoms with van der Waals surface area (Å²) >= 11 is 1.49. The third kappa shape index (κ3) is 4.61. The molecule has 6 heteroatoms. The first-order valence-corrected chi connectivity index (χ1v) is 10.3. The van der Waals surface area contributed by atoms with E-state index < -0.39 is 0 Å². The summed E-state index contributed by atoms with van der Waals surface area (Å²) in [6.07, 6.45) is 3.58. The number of amides is 2. The Balaban J connectivity index is 1.42. The van der Waals surface area contributed by atoms with E-state index in [-0.39, 0.29) is 11.8 Å². The average Bonchev–Trinajstić information content (AvgIpc) is 3.13. The third-order valence-corrected chi connectivity index (χ3v) is 6.67. The molecule has 1 aliphatic carbocycles. The lowest BCUT2D eigenvalue weighted by Gasteiger charge is -2.36. The summed E-state index contributed by atoms with van der Waals surface area (Å²) in [4.78, 5) is 29.6. The number of carbonyl (C=O) groups excluding carboxylic acids is 2. The van der Waals surface area contributed by atoms with Gasteiger partial charge in [-0.25, -0.2) is 0 Å². The minimum Gasteiger partial charge on any atom is -0.352 e. The SMILES string of the molecule is CC1CCCC(NC(=O)CN2CCN(C(=O)c3cccs3)CC2)C1C. The van der Waals surface area contributed by atoms with Crippen LogP contribution in [0.1, 0.15) is 42.8 Å². The van der Waals surface area contributed by atoms with Crippen LogP contribution in [-0.4, -0.2) is 60.4 Å². The Labute approximate surface area is 154 Å². The summed E-state index contributed by atoms with van der Waals surface area (Å²) in [5.74, 6) is 1.48. The molecule has 1 N–H and O–H groups in total. The van der Waals surface area contributed by atoms with E-state index in [9.17, 15) is 9.59 Å². The smallest absolute Gasteiger partial charge is 0.264 e. The molecule has 1 saturated carbocycles. The first-order valence-electron chi connectivity index (χ1n) is 9.39. The van der Waals surface area contributed by atoms with Crippen LogP contribution >= 0.6 is 11.3 Å². The zero-order valence-electron chi connectivity index (χ0n) is 15.2. The predicted molar refractivity (Wildman–Crippen MR) is 101 cm³/mol. The van der Waals surface area contributed by atoms with Crippen molar-refractivity contribution in [1.29, 1.82) is 0 Å². The monoisotopic (exact) mass is 363 g/mol. The van der Waals surface area contributed by atoms with Gasteiger partial charge in [-0.2, -0.15) is 0 Å². The lowest BCUT2D eigenvalue weighted by molar-refractivity contribution is -0.124. The van der Waals surface area contributed by atoms with Crippen LogP contribution in [-0.2, 0) is 4.79 Å². The van der Waals surface area contributed by atoms with Gasteiger partial charge in [0.05, 0.1) is 11.4 Å². The van der Waals surface area contributed by atoms with Crippen molar-refractivity contribution in [3.8, 4) is 0 Å². The molecule has 0 radical (unpaired) electrons. The van der Waals surface area contributed by atoms with E-state index in [1.54, 1.807) is 0 Å². The molecule has 0 spiro atoms. The predicted octanol–water partition coefficient (Wildman–Crippen LogP) is 2.45. The molecule has 2 amide bonds. The van der Waals surface area contributed by atoms with E-state index >= 15 is 0 Å². The minimum atomic E-state index is 0.115. The molecule has 2 aliphatic rings. The number of nitrogens with one attached hydrogen (secondary N) is 1. The number of piperazine rings is 1. The van der Waals surface area contributed by atoms with Crippen molar-refractivity contribution in [2.75, 3.05) is 32.7 Å². The van der Waals surface area contributed by atoms with Crippen LogP contribution in [0.3, 0.4) is 0 Å². The molecule has 1 saturated heterocycles. The van der Waals surface area contributed by atoms with Crippen molar-refractivity contribution < 1.29 is 9.59 Å². The van der Waals surface area contributed by atoms with Gasteiger partial charge in [-0.05, 0) is 29.7 Å². The third-order valence-electron chi connectivity index (χ3n) is 5.81. The van der Waals surface area contributed by atoms with Gasteiger partial charge in [0, 0.05) is 32.2 Å². The minimum absolute atomic E-state index is 0.115. The van der Waals surface area contributed by atoms with Crippen molar-refractivity contribution in [2.45, 2.75) is 39.2 Å². The summed E-state index contributed by atoms with van der Waals surface area (Å²) in [6, 6.07) is 4.10. The number of thiophene rings is 1. The van der Waals surface area contributed by atoms with Gasteiger partial charge in [-0.3, -0.25) is 14.5 Å². The fourth-order valence-electron chi connectivity index (χ4n) is 3.91. The van der Waals surface area contributed by atoms with Gasteiger partial charge in [0.25, 0.3) is 5.91 Å². The van der Waals surface area contributed by atoms with E-state index in [1.807, 2.05) is 22.4 Å². The highest BCUT2D eigenvalue weighted by Crippen LogP contribution is 2.29. The van der Waals surface area contributed by atoms with E-state index in [0.29, 0.717) is 37.5 Å². The van der Waals surface area contributed by atoms with Gasteiger partial charge in [0.15, 0.2) is 0 Å². The van der Waals surface area contributed by atoms with E-state index in [0.717, 1.165) is 24.4 Å². The summed E-state index contributed by atoms with van der Waals surface area (Å²) in [5, 5.41) is 5.17. The maximum atomic E-state index is 12.4. The Kier molecular flexibility index (Phi) is 6.12. The van der Waals surface area contributed by atoms with Crippen molar-refractivity contribution >= 4 is 23.2 Å². The molecule has 3 unspecified atom stereocenters. The van der Waals surface area contributed by atoms with Crippen molar-refractivity contribution in [1.82, 2.24) is 15.1 Å². The van der Waals surface area contributed by atoms with Crippen LogP contribution in [0.2, 0.25) is 0 Å². The maximum Gasteiger partial charge on any atom is 0.264 e. The Bertz CT molecular complexity index is 581. The highest BCUT2D eigenvalue weighted by atomic mass is 32.1. The van der Waals surface area contributed by atoms with Gasteiger partial charge in [0.2, 0.25) is 5.91 Å². The molecule has 0 aromatic carbocycles. The molecule has 1 aliphatic heterocycles. The molecule has 138 valence electrons. The first-order chi connectivity index (χ1) is 12.0. The number of rotatable bonds is 4. The zero-order valence-corrected chi connectivity index (χ0v) is 16.1. The lowest BCUT2D eigenvalue weighted by Crippen LogP contribution is -2.52. The molecule has 1 aromatic rings. The second-order valence-corrected chi connectivity index (χ2v) is 8.43. The second kappa shape index (κ2) is 8.32. The van der Waals surface area contributed by atoms with Gasteiger partial charge in [-0.1, -0.05) is 32.8 Å². The van der Waals surface area contributed by atoms with Crippen LogP contribution < -0.4 is 5.32 Å². The van der Waals surface area contributed by atoms with E-state index in [1.165, 1.54) is 24.2 Å². The Morgan fingerprint density at radius 1 is 1.20 bits per heavy atom. The molecular formula is C19H29N3O2S. The molecule has 5 nitrogen and oxygen atoms in total. The van der Waals surface area contributed by atoms with E-state index in [2.05, 4.69) is 24.1 Å². The lowest BCUT2D eigenvalue weighted by atomic mass is 9.78. The summed E-state index contributed by atoms with van der Waals surface area (Å²) in [5.41, 5.74) is 0. The summed E-state index contributed by atoms with van der Waals surface area (Å²) < 4.78 is 0. The van der Waals surface area contributed by atoms with Crippen LogP contribution in [0.25, 0.3) is 0 Å². The van der Waals surface area contributed by atoms with Gasteiger partial charge in [-0.15, -0.1) is 11.3 Å². The van der Waals surface area contributed by atoms with Crippen LogP contribution in [0, 0.1) is 11.8 Å². The van der Waals surface area contributed by atoms with Crippen molar-refractivity contribution in [3.63, 3.8) is 0 Å². The summed E-state index contributed by atoms with van der Waals surface area (Å²) in [7, 11) is 0. The van der Waals surface area contributed by atoms with Gasteiger partial charge >= 0.3 is 0 Å². The second-order valence-electron chi connectivity index (χ2n) is 7.49. The fourth-order valence-corrected chi connectivity index (χ4v) is 4.60. The molecule has 2 heterocycles. The molecule has 25 heavy (non-hydrogen) atoms.